The van der Waals surface area contributed by atoms with Gasteiger partial charge in [0.1, 0.15) is 5.82 Å². The van der Waals surface area contributed by atoms with E-state index < -0.39 is 0 Å². The molecule has 1 saturated heterocycles. The molecule has 0 unspecified atom stereocenters. The van der Waals surface area contributed by atoms with Gasteiger partial charge in [0.2, 0.25) is 5.28 Å². The third-order valence-corrected chi connectivity index (χ3v) is 2.79. The van der Waals surface area contributed by atoms with Crippen molar-refractivity contribution in [3.8, 4) is 0 Å². The van der Waals surface area contributed by atoms with Crippen molar-refractivity contribution in [3.05, 3.63) is 17.5 Å². The first kappa shape index (κ1) is 10.6. The van der Waals surface area contributed by atoms with Crippen LogP contribution >= 0.6 is 11.6 Å². The molecule has 0 spiro atoms. The van der Waals surface area contributed by atoms with Gasteiger partial charge in [-0.3, -0.25) is 0 Å². The number of rotatable bonds is 2. The van der Waals surface area contributed by atoms with E-state index in [-0.39, 0.29) is 0 Å². The topological polar surface area (TPSA) is 38.2 Å². The Morgan fingerprint density at radius 3 is 3.27 bits per heavy atom. The van der Waals surface area contributed by atoms with Crippen LogP contribution in [0.25, 0.3) is 0 Å². The molecule has 1 aliphatic rings. The highest BCUT2D eigenvalue weighted by atomic mass is 35.5. The molecule has 0 radical (unpaired) electrons. The maximum Gasteiger partial charge on any atom is 0.224 e. The van der Waals surface area contributed by atoms with Crippen LogP contribution in [0.3, 0.4) is 0 Å². The Morgan fingerprint density at radius 2 is 2.53 bits per heavy atom. The molecular weight excluding hydrogens is 214 g/mol. The molecule has 1 aliphatic heterocycles. The lowest BCUT2D eigenvalue weighted by Crippen LogP contribution is -2.45. The highest BCUT2D eigenvalue weighted by molar-refractivity contribution is 6.28. The number of hydrogen-bond acceptors (Lipinski definition) is 4. The molecule has 1 aromatic rings. The third-order valence-electron chi connectivity index (χ3n) is 2.60. The summed E-state index contributed by atoms with van der Waals surface area (Å²) in [7, 11) is 0. The summed E-state index contributed by atoms with van der Waals surface area (Å²) in [4.78, 5) is 10.3. The van der Waals surface area contributed by atoms with Crippen molar-refractivity contribution in [2.45, 2.75) is 19.4 Å². The first-order valence-electron chi connectivity index (χ1n) is 5.14. The van der Waals surface area contributed by atoms with Gasteiger partial charge in [-0.05, 0) is 24.1 Å². The molecule has 0 saturated carbocycles. The van der Waals surface area contributed by atoms with Gasteiger partial charge in [-0.15, -0.1) is 0 Å². The number of halogens is 1. The lowest BCUT2D eigenvalue weighted by Gasteiger charge is -2.35. The van der Waals surface area contributed by atoms with Crippen LogP contribution < -0.4 is 4.90 Å². The zero-order chi connectivity index (χ0) is 10.7. The van der Waals surface area contributed by atoms with E-state index in [9.17, 15) is 0 Å². The maximum atomic E-state index is 5.77. The van der Waals surface area contributed by atoms with E-state index in [1.807, 2.05) is 6.07 Å². The van der Waals surface area contributed by atoms with Gasteiger partial charge in [-0.1, -0.05) is 6.92 Å². The highest BCUT2D eigenvalue weighted by Crippen LogP contribution is 2.19. The molecule has 4 nitrogen and oxygen atoms in total. The zero-order valence-electron chi connectivity index (χ0n) is 8.69. The molecule has 0 N–H and O–H groups in total. The fraction of sp³-hybridized carbons (Fsp3) is 0.600. The summed E-state index contributed by atoms with van der Waals surface area (Å²) in [6, 6.07) is 2.28. The second-order valence-corrected chi connectivity index (χ2v) is 3.85. The first-order valence-corrected chi connectivity index (χ1v) is 5.52. The van der Waals surface area contributed by atoms with Gasteiger partial charge in [0, 0.05) is 12.7 Å². The number of aromatic nitrogens is 2. The molecule has 2 rings (SSSR count). The highest BCUT2D eigenvalue weighted by Gasteiger charge is 2.22. The average molecular weight is 228 g/mol. The SMILES string of the molecule is CC[C@H]1COCCN1c1ccnc(Cl)n1. The quantitative estimate of drug-likeness (QED) is 0.722. The monoisotopic (exact) mass is 227 g/mol. The minimum absolute atomic E-state index is 0.300. The van der Waals surface area contributed by atoms with Crippen LogP contribution in [0.1, 0.15) is 13.3 Å². The average Bonchev–Trinajstić information content (AvgIpc) is 2.29. The van der Waals surface area contributed by atoms with E-state index in [1.165, 1.54) is 0 Å². The second-order valence-electron chi connectivity index (χ2n) is 3.51. The van der Waals surface area contributed by atoms with Crippen LogP contribution in [0, 0.1) is 0 Å². The van der Waals surface area contributed by atoms with Gasteiger partial charge in [0.05, 0.1) is 19.3 Å². The van der Waals surface area contributed by atoms with Crippen LogP contribution in [-0.4, -0.2) is 35.8 Å². The number of nitrogens with zero attached hydrogens (tertiary/aromatic N) is 3. The van der Waals surface area contributed by atoms with Crippen molar-refractivity contribution in [2.75, 3.05) is 24.7 Å². The van der Waals surface area contributed by atoms with Gasteiger partial charge < -0.3 is 9.64 Å². The van der Waals surface area contributed by atoms with Crippen LogP contribution in [0.5, 0.6) is 0 Å². The van der Waals surface area contributed by atoms with Gasteiger partial charge in [-0.2, -0.15) is 0 Å². The van der Waals surface area contributed by atoms with Crippen LogP contribution in [0.4, 0.5) is 5.82 Å². The minimum atomic E-state index is 0.300. The molecule has 1 atom stereocenters. The minimum Gasteiger partial charge on any atom is -0.377 e. The number of anilines is 1. The Balaban J connectivity index is 2.20. The van der Waals surface area contributed by atoms with E-state index in [2.05, 4.69) is 21.8 Å². The molecule has 1 fully saturated rings. The van der Waals surface area contributed by atoms with Crippen molar-refractivity contribution >= 4 is 17.4 Å². The predicted octanol–water partition coefficient (Wildman–Crippen LogP) is 1.75. The molecule has 0 amide bonds. The van der Waals surface area contributed by atoms with Crippen molar-refractivity contribution in [2.24, 2.45) is 0 Å². The standard InChI is InChI=1S/C10H14ClN3O/c1-2-8-7-15-6-5-14(8)9-3-4-12-10(11)13-9/h3-4,8H,2,5-7H2,1H3/t8-/m0/s1. The van der Waals surface area contributed by atoms with Gasteiger partial charge in [0.25, 0.3) is 0 Å². The largest absolute Gasteiger partial charge is 0.377 e. The molecule has 0 bridgehead atoms. The molecular formula is C10H14ClN3O. The maximum absolute atomic E-state index is 5.77. The Morgan fingerprint density at radius 1 is 1.67 bits per heavy atom. The van der Waals surface area contributed by atoms with Gasteiger partial charge in [0.15, 0.2) is 0 Å². The van der Waals surface area contributed by atoms with Crippen molar-refractivity contribution < 1.29 is 4.74 Å². The summed E-state index contributed by atoms with van der Waals surface area (Å²) >= 11 is 5.77. The molecule has 0 aliphatic carbocycles. The lowest BCUT2D eigenvalue weighted by atomic mass is 10.2. The molecule has 0 aromatic carbocycles. The molecule has 82 valence electrons. The van der Waals surface area contributed by atoms with Crippen molar-refractivity contribution in [1.82, 2.24) is 9.97 Å². The number of hydrogen-bond donors (Lipinski definition) is 0. The van der Waals surface area contributed by atoms with E-state index >= 15 is 0 Å². The number of ether oxygens (including phenoxy) is 1. The lowest BCUT2D eigenvalue weighted by molar-refractivity contribution is 0.0925. The molecule has 15 heavy (non-hydrogen) atoms. The molecule has 1 aromatic heterocycles. The van der Waals surface area contributed by atoms with E-state index in [0.29, 0.717) is 11.3 Å². The molecule has 2 heterocycles. The van der Waals surface area contributed by atoms with Crippen LogP contribution in [0.15, 0.2) is 12.3 Å². The van der Waals surface area contributed by atoms with Crippen molar-refractivity contribution in [1.29, 1.82) is 0 Å². The first-order chi connectivity index (χ1) is 7.31. The van der Waals surface area contributed by atoms with E-state index in [1.54, 1.807) is 6.20 Å². The Labute approximate surface area is 94.2 Å². The Bertz CT molecular complexity index is 334. The second kappa shape index (κ2) is 4.77. The number of morpholine rings is 1. The summed E-state index contributed by atoms with van der Waals surface area (Å²) < 4.78 is 5.44. The van der Waals surface area contributed by atoms with E-state index in [4.69, 9.17) is 16.3 Å². The smallest absolute Gasteiger partial charge is 0.224 e. The fourth-order valence-corrected chi connectivity index (χ4v) is 1.92. The Kier molecular flexibility index (Phi) is 3.38. The summed E-state index contributed by atoms with van der Waals surface area (Å²) in [6.45, 7) is 4.53. The normalized spacial score (nSPS) is 21.7. The van der Waals surface area contributed by atoms with Crippen molar-refractivity contribution in [3.63, 3.8) is 0 Å². The summed E-state index contributed by atoms with van der Waals surface area (Å²) in [5, 5.41) is 0.300. The van der Waals surface area contributed by atoms with Crippen LogP contribution in [-0.2, 0) is 4.74 Å². The summed E-state index contributed by atoms with van der Waals surface area (Å²) in [6.07, 6.45) is 2.73. The molecule has 5 heteroatoms. The fourth-order valence-electron chi connectivity index (χ4n) is 1.78. The predicted molar refractivity (Wildman–Crippen MR) is 59.3 cm³/mol. The van der Waals surface area contributed by atoms with Crippen LogP contribution in [0.2, 0.25) is 5.28 Å². The Hall–Kier alpha value is -0.870. The van der Waals surface area contributed by atoms with E-state index in [0.717, 1.165) is 32.0 Å². The summed E-state index contributed by atoms with van der Waals surface area (Å²) in [5.74, 6) is 0.894. The third kappa shape index (κ3) is 2.38. The zero-order valence-corrected chi connectivity index (χ0v) is 9.44. The summed E-state index contributed by atoms with van der Waals surface area (Å²) in [5.41, 5.74) is 0. The van der Waals surface area contributed by atoms with Gasteiger partial charge in [-0.25, -0.2) is 9.97 Å². The van der Waals surface area contributed by atoms with Gasteiger partial charge >= 0.3 is 0 Å².